The molecule has 5 rings (SSSR count). The second kappa shape index (κ2) is 3.74. The molecule has 18 heavy (non-hydrogen) atoms. The Morgan fingerprint density at radius 1 is 1.00 bits per heavy atom. The van der Waals surface area contributed by atoms with Gasteiger partial charge in [-0.1, -0.05) is 6.42 Å². The summed E-state index contributed by atoms with van der Waals surface area (Å²) in [7, 11) is 0. The molecule has 0 heterocycles. The maximum atomic E-state index is 11.2. The van der Waals surface area contributed by atoms with Crippen LogP contribution in [0.3, 0.4) is 0 Å². The van der Waals surface area contributed by atoms with E-state index < -0.39 is 5.97 Å². The molecule has 5 saturated carbocycles. The van der Waals surface area contributed by atoms with Crippen LogP contribution in [0.2, 0.25) is 0 Å². The standard InChI is InChI=1S/C16H24O2/c17-14(18)9-16(2-1-3-16)15-12-5-10-4-11(7-12)8-13(15)6-10/h10-13,15H,1-9H2,(H,17,18). The van der Waals surface area contributed by atoms with Crippen LogP contribution in [0.5, 0.6) is 0 Å². The van der Waals surface area contributed by atoms with Crippen LogP contribution in [0.4, 0.5) is 0 Å². The monoisotopic (exact) mass is 248 g/mol. The Hall–Kier alpha value is -0.530. The summed E-state index contributed by atoms with van der Waals surface area (Å²) in [6, 6.07) is 0. The van der Waals surface area contributed by atoms with Gasteiger partial charge in [-0.25, -0.2) is 0 Å². The molecule has 0 aromatic carbocycles. The zero-order chi connectivity index (χ0) is 12.3. The number of carboxylic acids is 1. The SMILES string of the molecule is O=C(O)CC1(C2C3CC4CC(C3)CC2C4)CCC1. The topological polar surface area (TPSA) is 37.3 Å². The van der Waals surface area contributed by atoms with Crippen LogP contribution in [0.25, 0.3) is 0 Å². The van der Waals surface area contributed by atoms with E-state index in [1.807, 2.05) is 0 Å². The molecule has 0 saturated heterocycles. The number of hydrogen-bond acceptors (Lipinski definition) is 1. The lowest BCUT2D eigenvalue weighted by molar-refractivity contribution is -0.156. The van der Waals surface area contributed by atoms with Crippen LogP contribution >= 0.6 is 0 Å². The third kappa shape index (κ3) is 1.50. The van der Waals surface area contributed by atoms with E-state index in [1.165, 1.54) is 51.4 Å². The van der Waals surface area contributed by atoms with Crippen molar-refractivity contribution in [2.45, 2.75) is 57.8 Å². The van der Waals surface area contributed by atoms with Gasteiger partial charge in [0.25, 0.3) is 0 Å². The van der Waals surface area contributed by atoms with Crippen molar-refractivity contribution in [1.82, 2.24) is 0 Å². The van der Waals surface area contributed by atoms with E-state index in [4.69, 9.17) is 0 Å². The number of aliphatic carboxylic acids is 1. The van der Waals surface area contributed by atoms with Crippen LogP contribution in [0, 0.1) is 35.0 Å². The molecule has 2 nitrogen and oxygen atoms in total. The van der Waals surface area contributed by atoms with Gasteiger partial charge in [-0.15, -0.1) is 0 Å². The Bertz CT molecular complexity index is 341. The first kappa shape index (κ1) is 11.3. The second-order valence-electron chi connectivity index (χ2n) is 7.74. The smallest absolute Gasteiger partial charge is 0.303 e. The first-order valence-corrected chi connectivity index (χ1v) is 7.88. The summed E-state index contributed by atoms with van der Waals surface area (Å²) < 4.78 is 0. The molecule has 0 aliphatic heterocycles. The molecule has 0 spiro atoms. The van der Waals surface area contributed by atoms with Crippen molar-refractivity contribution < 1.29 is 9.90 Å². The molecule has 5 fully saturated rings. The summed E-state index contributed by atoms with van der Waals surface area (Å²) in [4.78, 5) is 11.2. The van der Waals surface area contributed by atoms with Gasteiger partial charge in [0, 0.05) is 0 Å². The van der Waals surface area contributed by atoms with Crippen molar-refractivity contribution in [2.75, 3.05) is 0 Å². The molecular formula is C16H24O2. The van der Waals surface area contributed by atoms with E-state index in [1.54, 1.807) is 0 Å². The van der Waals surface area contributed by atoms with Crippen LogP contribution in [-0.2, 0) is 4.79 Å². The second-order valence-corrected chi connectivity index (χ2v) is 7.74. The molecule has 0 aromatic heterocycles. The highest BCUT2D eigenvalue weighted by Gasteiger charge is 2.57. The van der Waals surface area contributed by atoms with Crippen LogP contribution in [0.15, 0.2) is 0 Å². The van der Waals surface area contributed by atoms with E-state index in [9.17, 15) is 9.90 Å². The van der Waals surface area contributed by atoms with Crippen molar-refractivity contribution in [1.29, 1.82) is 0 Å². The van der Waals surface area contributed by atoms with E-state index in [0.717, 1.165) is 29.6 Å². The Morgan fingerprint density at radius 3 is 1.94 bits per heavy atom. The third-order valence-electron chi connectivity index (χ3n) is 6.79. The lowest BCUT2D eigenvalue weighted by atomic mass is 9.42. The Kier molecular flexibility index (Phi) is 2.35. The zero-order valence-electron chi connectivity index (χ0n) is 11.1. The summed E-state index contributed by atoms with van der Waals surface area (Å²) in [6.07, 6.45) is 11.3. The van der Waals surface area contributed by atoms with E-state index in [-0.39, 0.29) is 5.41 Å². The van der Waals surface area contributed by atoms with Gasteiger partial charge in [-0.05, 0) is 80.0 Å². The maximum Gasteiger partial charge on any atom is 0.303 e. The van der Waals surface area contributed by atoms with Crippen molar-refractivity contribution in [3.8, 4) is 0 Å². The summed E-state index contributed by atoms with van der Waals surface area (Å²) >= 11 is 0. The molecule has 0 atom stereocenters. The fourth-order valence-electron chi connectivity index (χ4n) is 6.49. The third-order valence-corrected chi connectivity index (χ3v) is 6.79. The molecular weight excluding hydrogens is 224 g/mol. The minimum atomic E-state index is -0.552. The summed E-state index contributed by atoms with van der Waals surface area (Å²) in [5.74, 6) is 4.01. The normalized spacial score (nSPS) is 47.9. The Morgan fingerprint density at radius 2 is 1.56 bits per heavy atom. The fourth-order valence-corrected chi connectivity index (χ4v) is 6.49. The minimum Gasteiger partial charge on any atom is -0.481 e. The van der Waals surface area contributed by atoms with Gasteiger partial charge in [0.15, 0.2) is 0 Å². The maximum absolute atomic E-state index is 11.2. The highest BCUT2D eigenvalue weighted by Crippen LogP contribution is 2.65. The Balaban J connectivity index is 1.62. The molecule has 0 radical (unpaired) electrons. The van der Waals surface area contributed by atoms with Gasteiger partial charge < -0.3 is 5.11 Å². The predicted molar refractivity (Wildman–Crippen MR) is 69.1 cm³/mol. The van der Waals surface area contributed by atoms with Gasteiger partial charge in [0.05, 0.1) is 6.42 Å². The number of carbonyl (C=O) groups is 1. The summed E-state index contributed by atoms with van der Waals surface area (Å²) in [5, 5.41) is 9.27. The van der Waals surface area contributed by atoms with Gasteiger partial charge >= 0.3 is 5.97 Å². The van der Waals surface area contributed by atoms with Gasteiger partial charge in [-0.2, -0.15) is 0 Å². The van der Waals surface area contributed by atoms with E-state index in [2.05, 4.69) is 0 Å². The molecule has 4 bridgehead atoms. The molecule has 5 aliphatic carbocycles. The Labute approximate surface area is 109 Å². The van der Waals surface area contributed by atoms with Crippen molar-refractivity contribution in [3.05, 3.63) is 0 Å². The molecule has 2 heteroatoms. The van der Waals surface area contributed by atoms with Crippen molar-refractivity contribution in [2.24, 2.45) is 35.0 Å². The molecule has 0 unspecified atom stereocenters. The molecule has 0 amide bonds. The molecule has 0 aromatic rings. The minimum absolute atomic E-state index is 0.217. The van der Waals surface area contributed by atoms with Gasteiger partial charge in [0.1, 0.15) is 0 Å². The van der Waals surface area contributed by atoms with Gasteiger partial charge in [-0.3, -0.25) is 4.79 Å². The lowest BCUT2D eigenvalue weighted by Gasteiger charge is -2.62. The molecule has 1 N–H and O–H groups in total. The summed E-state index contributed by atoms with van der Waals surface area (Å²) in [6.45, 7) is 0. The average Bonchev–Trinajstić information content (AvgIpc) is 2.23. The summed E-state index contributed by atoms with van der Waals surface area (Å²) in [5.41, 5.74) is 0.217. The number of hydrogen-bond donors (Lipinski definition) is 1. The van der Waals surface area contributed by atoms with Gasteiger partial charge in [0.2, 0.25) is 0 Å². The lowest BCUT2D eigenvalue weighted by Crippen LogP contribution is -2.54. The first-order valence-electron chi connectivity index (χ1n) is 7.88. The zero-order valence-corrected chi connectivity index (χ0v) is 11.1. The van der Waals surface area contributed by atoms with E-state index in [0.29, 0.717) is 6.42 Å². The van der Waals surface area contributed by atoms with Crippen LogP contribution in [-0.4, -0.2) is 11.1 Å². The molecule has 100 valence electrons. The van der Waals surface area contributed by atoms with E-state index >= 15 is 0 Å². The number of carboxylic acid groups (broad SMARTS) is 1. The van der Waals surface area contributed by atoms with Crippen LogP contribution in [0.1, 0.15) is 57.8 Å². The number of rotatable bonds is 3. The van der Waals surface area contributed by atoms with Crippen molar-refractivity contribution >= 4 is 5.97 Å². The fraction of sp³-hybridized carbons (Fsp3) is 0.938. The predicted octanol–water partition coefficient (Wildman–Crippen LogP) is 3.70. The van der Waals surface area contributed by atoms with Crippen LogP contribution < -0.4 is 0 Å². The van der Waals surface area contributed by atoms with Crippen molar-refractivity contribution in [3.63, 3.8) is 0 Å². The molecule has 5 aliphatic rings. The first-order chi connectivity index (χ1) is 8.66. The quantitative estimate of drug-likeness (QED) is 0.826. The highest BCUT2D eigenvalue weighted by molar-refractivity contribution is 5.68. The highest BCUT2D eigenvalue weighted by atomic mass is 16.4. The largest absolute Gasteiger partial charge is 0.481 e. The average molecular weight is 248 g/mol.